The Kier molecular flexibility index (Phi) is 2.65. The maximum absolute atomic E-state index is 9.09. The molecule has 0 bridgehead atoms. The van der Waals surface area contributed by atoms with Crippen molar-refractivity contribution < 1.29 is 5.11 Å². The van der Waals surface area contributed by atoms with Gasteiger partial charge in [-0.25, -0.2) is 0 Å². The highest BCUT2D eigenvalue weighted by molar-refractivity contribution is 7.99. The van der Waals surface area contributed by atoms with Crippen molar-refractivity contribution in [2.75, 3.05) is 0 Å². The zero-order chi connectivity index (χ0) is 9.80. The van der Waals surface area contributed by atoms with Crippen molar-refractivity contribution in [2.45, 2.75) is 9.92 Å². The van der Waals surface area contributed by atoms with Crippen LogP contribution in [0.15, 0.2) is 52.5 Å². The van der Waals surface area contributed by atoms with E-state index in [1.807, 2.05) is 24.3 Å². The molecular weight excluding hydrogens is 196 g/mol. The highest BCUT2D eigenvalue weighted by Gasteiger charge is 1.97. The highest BCUT2D eigenvalue weighted by atomic mass is 32.2. The Labute approximate surface area is 85.8 Å². The minimum Gasteiger partial charge on any atom is -0.508 e. The van der Waals surface area contributed by atoms with Crippen molar-refractivity contribution in [2.24, 2.45) is 0 Å². The number of aromatic nitrogens is 2. The fraction of sp³-hybridized carbons (Fsp3) is 0. The van der Waals surface area contributed by atoms with Crippen molar-refractivity contribution in [1.82, 2.24) is 10.2 Å². The predicted molar refractivity (Wildman–Crippen MR) is 54.3 cm³/mol. The van der Waals surface area contributed by atoms with Gasteiger partial charge >= 0.3 is 0 Å². The van der Waals surface area contributed by atoms with Gasteiger partial charge in [0.1, 0.15) is 10.8 Å². The minimum absolute atomic E-state index is 0.272. The molecule has 1 heterocycles. The summed E-state index contributed by atoms with van der Waals surface area (Å²) in [6.07, 6.45) is 1.64. The molecule has 0 spiro atoms. The van der Waals surface area contributed by atoms with Gasteiger partial charge in [-0.15, -0.1) is 5.10 Å². The molecule has 1 aromatic carbocycles. The zero-order valence-corrected chi connectivity index (χ0v) is 8.11. The molecule has 0 aliphatic rings. The fourth-order valence-corrected chi connectivity index (χ4v) is 1.73. The molecule has 0 unspecified atom stereocenters. The van der Waals surface area contributed by atoms with Crippen LogP contribution in [0.2, 0.25) is 0 Å². The van der Waals surface area contributed by atoms with Gasteiger partial charge in [-0.05, 0) is 36.4 Å². The van der Waals surface area contributed by atoms with Crippen LogP contribution in [0, 0.1) is 0 Å². The number of phenols is 1. The van der Waals surface area contributed by atoms with E-state index in [0.717, 1.165) is 9.92 Å². The molecule has 0 atom stereocenters. The summed E-state index contributed by atoms with van der Waals surface area (Å²) in [6.45, 7) is 0. The number of aromatic hydroxyl groups is 1. The first-order valence-corrected chi connectivity index (χ1v) is 4.91. The Morgan fingerprint density at radius 2 is 1.86 bits per heavy atom. The van der Waals surface area contributed by atoms with E-state index in [2.05, 4.69) is 10.2 Å². The summed E-state index contributed by atoms with van der Waals surface area (Å²) in [6, 6.07) is 10.7. The first-order chi connectivity index (χ1) is 6.84. The van der Waals surface area contributed by atoms with Gasteiger partial charge in [0.05, 0.1) is 0 Å². The van der Waals surface area contributed by atoms with Gasteiger partial charge < -0.3 is 5.11 Å². The third-order valence-corrected chi connectivity index (χ3v) is 2.54. The monoisotopic (exact) mass is 204 g/mol. The van der Waals surface area contributed by atoms with Gasteiger partial charge in [-0.3, -0.25) is 0 Å². The van der Waals surface area contributed by atoms with E-state index in [4.69, 9.17) is 5.11 Å². The Hall–Kier alpha value is -1.55. The van der Waals surface area contributed by atoms with Crippen LogP contribution < -0.4 is 0 Å². The van der Waals surface area contributed by atoms with Crippen LogP contribution in [0.5, 0.6) is 5.75 Å². The molecule has 0 saturated carbocycles. The van der Waals surface area contributed by atoms with Gasteiger partial charge in [-0.2, -0.15) is 5.10 Å². The summed E-state index contributed by atoms with van der Waals surface area (Å²) in [5.41, 5.74) is 0. The summed E-state index contributed by atoms with van der Waals surface area (Å²) in [7, 11) is 0. The quantitative estimate of drug-likeness (QED) is 0.815. The summed E-state index contributed by atoms with van der Waals surface area (Å²) in [5.74, 6) is 0.272. The van der Waals surface area contributed by atoms with Gasteiger partial charge in [0.25, 0.3) is 0 Å². The summed E-state index contributed by atoms with van der Waals surface area (Å²) in [4.78, 5) is 1.03. The Morgan fingerprint density at radius 3 is 2.50 bits per heavy atom. The van der Waals surface area contributed by atoms with Crippen molar-refractivity contribution in [3.63, 3.8) is 0 Å². The molecule has 0 aliphatic carbocycles. The van der Waals surface area contributed by atoms with Crippen LogP contribution >= 0.6 is 11.8 Å². The lowest BCUT2D eigenvalue weighted by atomic mass is 10.3. The Balaban J connectivity index is 2.16. The number of nitrogens with zero attached hydrogens (tertiary/aromatic N) is 2. The van der Waals surface area contributed by atoms with Crippen molar-refractivity contribution in [3.8, 4) is 5.75 Å². The number of rotatable bonds is 2. The van der Waals surface area contributed by atoms with E-state index in [1.54, 1.807) is 18.3 Å². The van der Waals surface area contributed by atoms with Gasteiger partial charge in [0.15, 0.2) is 0 Å². The standard InChI is InChI=1S/C10H8N2OS/c13-8-3-5-9(6-4-8)14-10-2-1-7-11-12-10/h1-7,13H. The average molecular weight is 204 g/mol. The smallest absolute Gasteiger partial charge is 0.124 e. The number of hydrogen-bond donors (Lipinski definition) is 1. The summed E-state index contributed by atoms with van der Waals surface area (Å²) >= 11 is 1.51. The molecule has 4 heteroatoms. The van der Waals surface area contributed by atoms with E-state index >= 15 is 0 Å². The molecule has 2 aromatic rings. The maximum atomic E-state index is 9.09. The van der Waals surface area contributed by atoms with Crippen molar-refractivity contribution in [1.29, 1.82) is 0 Å². The topological polar surface area (TPSA) is 46.0 Å². The molecular formula is C10H8N2OS. The van der Waals surface area contributed by atoms with Crippen LogP contribution in [-0.2, 0) is 0 Å². The molecule has 0 saturated heterocycles. The normalized spacial score (nSPS) is 10.0. The molecule has 0 radical (unpaired) electrons. The third kappa shape index (κ3) is 2.23. The van der Waals surface area contributed by atoms with E-state index in [-0.39, 0.29) is 5.75 Å². The van der Waals surface area contributed by atoms with E-state index < -0.39 is 0 Å². The first-order valence-electron chi connectivity index (χ1n) is 4.09. The molecule has 0 fully saturated rings. The van der Waals surface area contributed by atoms with Gasteiger partial charge in [-0.1, -0.05) is 11.8 Å². The maximum Gasteiger partial charge on any atom is 0.124 e. The summed E-state index contributed by atoms with van der Waals surface area (Å²) in [5, 5.41) is 17.7. The SMILES string of the molecule is Oc1ccc(Sc2cccnn2)cc1. The van der Waals surface area contributed by atoms with Crippen LogP contribution in [0.1, 0.15) is 0 Å². The number of hydrogen-bond acceptors (Lipinski definition) is 4. The first kappa shape index (κ1) is 9.02. The summed E-state index contributed by atoms with van der Waals surface area (Å²) < 4.78 is 0. The third-order valence-electron chi connectivity index (χ3n) is 1.61. The van der Waals surface area contributed by atoms with E-state index in [0.29, 0.717) is 0 Å². The Bertz CT molecular complexity index is 402. The predicted octanol–water partition coefficient (Wildman–Crippen LogP) is 2.33. The molecule has 1 aromatic heterocycles. The van der Waals surface area contributed by atoms with Crippen LogP contribution in [-0.4, -0.2) is 15.3 Å². The minimum atomic E-state index is 0.272. The lowest BCUT2D eigenvalue weighted by molar-refractivity contribution is 0.475. The fourth-order valence-electron chi connectivity index (χ4n) is 0.977. The van der Waals surface area contributed by atoms with Crippen molar-refractivity contribution >= 4 is 11.8 Å². The van der Waals surface area contributed by atoms with Crippen LogP contribution in [0.25, 0.3) is 0 Å². The van der Waals surface area contributed by atoms with Crippen LogP contribution in [0.4, 0.5) is 0 Å². The molecule has 14 heavy (non-hydrogen) atoms. The van der Waals surface area contributed by atoms with Gasteiger partial charge in [0.2, 0.25) is 0 Å². The highest BCUT2D eigenvalue weighted by Crippen LogP contribution is 2.26. The second-order valence-corrected chi connectivity index (χ2v) is 3.75. The molecule has 1 N–H and O–H groups in total. The second kappa shape index (κ2) is 4.11. The Morgan fingerprint density at radius 1 is 1.07 bits per heavy atom. The number of phenolic OH excluding ortho intramolecular Hbond substituents is 1. The largest absolute Gasteiger partial charge is 0.508 e. The molecule has 0 aliphatic heterocycles. The second-order valence-electron chi connectivity index (χ2n) is 2.66. The average Bonchev–Trinajstić information content (AvgIpc) is 2.23. The lowest BCUT2D eigenvalue weighted by Gasteiger charge is -1.98. The van der Waals surface area contributed by atoms with E-state index in [1.165, 1.54) is 11.8 Å². The van der Waals surface area contributed by atoms with Gasteiger partial charge in [0, 0.05) is 11.1 Å². The molecule has 0 amide bonds. The van der Waals surface area contributed by atoms with Crippen LogP contribution in [0.3, 0.4) is 0 Å². The van der Waals surface area contributed by atoms with Crippen molar-refractivity contribution in [3.05, 3.63) is 42.6 Å². The lowest BCUT2D eigenvalue weighted by Crippen LogP contribution is -1.81. The zero-order valence-electron chi connectivity index (χ0n) is 7.29. The molecule has 2 rings (SSSR count). The molecule has 3 nitrogen and oxygen atoms in total. The molecule has 70 valence electrons. The number of benzene rings is 1. The van der Waals surface area contributed by atoms with E-state index in [9.17, 15) is 0 Å².